The molecule has 0 aliphatic heterocycles. The SMILES string of the molecule is COC(=O)[C@@H](Cc1ccc(O)cc1)NC(=O)CNC(=O)OC(C)(C)C. The first-order valence-corrected chi connectivity index (χ1v) is 7.72. The third-order valence-electron chi connectivity index (χ3n) is 2.99. The summed E-state index contributed by atoms with van der Waals surface area (Å²) in [5, 5.41) is 14.1. The molecule has 1 aromatic carbocycles. The van der Waals surface area contributed by atoms with Crippen LogP contribution in [0.2, 0.25) is 0 Å². The number of esters is 1. The fraction of sp³-hybridized carbons (Fsp3) is 0.471. The molecule has 0 spiro atoms. The van der Waals surface area contributed by atoms with Gasteiger partial charge in [-0.1, -0.05) is 12.1 Å². The van der Waals surface area contributed by atoms with Gasteiger partial charge in [-0.2, -0.15) is 0 Å². The van der Waals surface area contributed by atoms with Crippen molar-refractivity contribution in [1.82, 2.24) is 10.6 Å². The van der Waals surface area contributed by atoms with E-state index in [9.17, 15) is 19.5 Å². The van der Waals surface area contributed by atoms with Gasteiger partial charge in [-0.05, 0) is 38.5 Å². The maximum Gasteiger partial charge on any atom is 0.408 e. The second kappa shape index (κ2) is 8.91. The molecule has 3 N–H and O–H groups in total. The third kappa shape index (κ3) is 8.05. The number of nitrogens with one attached hydrogen (secondary N) is 2. The van der Waals surface area contributed by atoms with E-state index in [0.717, 1.165) is 5.56 Å². The maximum atomic E-state index is 12.0. The largest absolute Gasteiger partial charge is 0.508 e. The Labute approximate surface area is 146 Å². The zero-order valence-corrected chi connectivity index (χ0v) is 14.8. The van der Waals surface area contributed by atoms with E-state index in [1.54, 1.807) is 32.9 Å². The molecule has 0 bridgehead atoms. The molecule has 8 nitrogen and oxygen atoms in total. The van der Waals surface area contributed by atoms with Gasteiger partial charge < -0.3 is 25.2 Å². The quantitative estimate of drug-likeness (QED) is 0.661. The van der Waals surface area contributed by atoms with Gasteiger partial charge in [0, 0.05) is 6.42 Å². The number of carbonyl (C=O) groups excluding carboxylic acids is 3. The Balaban J connectivity index is 2.59. The lowest BCUT2D eigenvalue weighted by molar-refractivity contribution is -0.144. The number of carbonyl (C=O) groups is 3. The number of aromatic hydroxyl groups is 1. The maximum absolute atomic E-state index is 12.0. The van der Waals surface area contributed by atoms with Gasteiger partial charge >= 0.3 is 12.1 Å². The van der Waals surface area contributed by atoms with Gasteiger partial charge in [0.05, 0.1) is 7.11 Å². The zero-order chi connectivity index (χ0) is 19.0. The molecule has 1 aromatic rings. The van der Waals surface area contributed by atoms with E-state index in [4.69, 9.17) is 4.74 Å². The predicted octanol–water partition coefficient (Wildman–Crippen LogP) is 1.12. The topological polar surface area (TPSA) is 114 Å². The minimum Gasteiger partial charge on any atom is -0.508 e. The normalized spacial score (nSPS) is 12.0. The molecule has 8 heteroatoms. The summed E-state index contributed by atoms with van der Waals surface area (Å²) in [6.45, 7) is 4.78. The van der Waals surface area contributed by atoms with E-state index in [1.807, 2.05) is 0 Å². The van der Waals surface area contributed by atoms with Crippen LogP contribution in [-0.2, 0) is 25.5 Å². The third-order valence-corrected chi connectivity index (χ3v) is 2.99. The molecule has 138 valence electrons. The number of amides is 2. The van der Waals surface area contributed by atoms with Crippen LogP contribution < -0.4 is 10.6 Å². The Bertz CT molecular complexity index is 607. The highest BCUT2D eigenvalue weighted by Crippen LogP contribution is 2.12. The Morgan fingerprint density at radius 1 is 1.16 bits per heavy atom. The minimum absolute atomic E-state index is 0.101. The number of methoxy groups -OCH3 is 1. The molecule has 0 aliphatic rings. The number of alkyl carbamates (subject to hydrolysis) is 1. The molecular formula is C17H24N2O6. The smallest absolute Gasteiger partial charge is 0.408 e. The molecule has 0 fully saturated rings. The second-order valence-electron chi connectivity index (χ2n) is 6.37. The summed E-state index contributed by atoms with van der Waals surface area (Å²) in [5.41, 5.74) is 0.0575. The summed E-state index contributed by atoms with van der Waals surface area (Å²) < 4.78 is 9.71. The monoisotopic (exact) mass is 352 g/mol. The number of hydrogen-bond acceptors (Lipinski definition) is 6. The van der Waals surface area contributed by atoms with E-state index in [1.165, 1.54) is 19.2 Å². The van der Waals surface area contributed by atoms with Crippen molar-refractivity contribution in [3.8, 4) is 5.75 Å². The summed E-state index contributed by atoms with van der Waals surface area (Å²) in [7, 11) is 1.22. The zero-order valence-electron chi connectivity index (χ0n) is 14.8. The molecule has 25 heavy (non-hydrogen) atoms. The van der Waals surface area contributed by atoms with Crippen LogP contribution >= 0.6 is 0 Å². The lowest BCUT2D eigenvalue weighted by Crippen LogP contribution is -2.47. The average molecular weight is 352 g/mol. The second-order valence-corrected chi connectivity index (χ2v) is 6.37. The van der Waals surface area contributed by atoms with Crippen LogP contribution in [0.25, 0.3) is 0 Å². The standard InChI is InChI=1S/C17H24N2O6/c1-17(2,3)25-16(23)18-10-14(21)19-13(15(22)24-4)9-11-5-7-12(20)8-6-11/h5-8,13,20H,9-10H2,1-4H3,(H,18,23)(H,19,21)/t13-/m1/s1. The van der Waals surface area contributed by atoms with Crippen LogP contribution in [-0.4, -0.2) is 48.4 Å². The molecule has 0 unspecified atom stereocenters. The molecular weight excluding hydrogens is 328 g/mol. The minimum atomic E-state index is -0.914. The first-order chi connectivity index (χ1) is 11.6. The number of phenols is 1. The summed E-state index contributed by atoms with van der Waals surface area (Å²) in [6, 6.07) is 5.32. The fourth-order valence-electron chi connectivity index (χ4n) is 1.92. The summed E-state index contributed by atoms with van der Waals surface area (Å²) in [6.07, 6.45) is -0.540. The molecule has 0 aromatic heterocycles. The van der Waals surface area contributed by atoms with Gasteiger partial charge in [0.15, 0.2) is 0 Å². The van der Waals surface area contributed by atoms with E-state index >= 15 is 0 Å². The summed E-state index contributed by atoms with van der Waals surface area (Å²) in [4.78, 5) is 35.3. The summed E-state index contributed by atoms with van der Waals surface area (Å²) >= 11 is 0. The van der Waals surface area contributed by atoms with Crippen molar-refractivity contribution in [2.24, 2.45) is 0 Å². The molecule has 1 rings (SSSR count). The number of rotatable bonds is 6. The van der Waals surface area contributed by atoms with Crippen molar-refractivity contribution in [3.63, 3.8) is 0 Å². The summed E-state index contributed by atoms with van der Waals surface area (Å²) in [5.74, 6) is -1.07. The van der Waals surface area contributed by atoms with Crippen LogP contribution in [0.5, 0.6) is 5.75 Å². The number of hydrogen-bond donors (Lipinski definition) is 3. The first kappa shape index (κ1) is 20.3. The first-order valence-electron chi connectivity index (χ1n) is 7.72. The van der Waals surface area contributed by atoms with Crippen LogP contribution in [0.1, 0.15) is 26.3 Å². The van der Waals surface area contributed by atoms with Crippen molar-refractivity contribution >= 4 is 18.0 Å². The lowest BCUT2D eigenvalue weighted by Gasteiger charge is -2.20. The highest BCUT2D eigenvalue weighted by Gasteiger charge is 2.23. The van der Waals surface area contributed by atoms with Crippen molar-refractivity contribution in [2.45, 2.75) is 38.8 Å². The number of phenolic OH excluding ortho intramolecular Hbond substituents is 1. The van der Waals surface area contributed by atoms with Gasteiger partial charge in [-0.25, -0.2) is 9.59 Å². The van der Waals surface area contributed by atoms with Gasteiger partial charge in [0.25, 0.3) is 0 Å². The number of benzene rings is 1. The van der Waals surface area contributed by atoms with E-state index in [-0.39, 0.29) is 18.7 Å². The molecule has 1 atom stereocenters. The molecule has 0 radical (unpaired) electrons. The van der Waals surface area contributed by atoms with Crippen LogP contribution in [0.15, 0.2) is 24.3 Å². The molecule has 0 saturated heterocycles. The van der Waals surface area contributed by atoms with Crippen molar-refractivity contribution in [1.29, 1.82) is 0 Å². The lowest BCUT2D eigenvalue weighted by atomic mass is 10.1. The molecule has 0 heterocycles. The predicted molar refractivity (Wildman–Crippen MR) is 90.0 cm³/mol. The molecule has 0 saturated carbocycles. The highest BCUT2D eigenvalue weighted by molar-refractivity contribution is 5.87. The van der Waals surface area contributed by atoms with E-state index < -0.39 is 29.6 Å². The van der Waals surface area contributed by atoms with Crippen molar-refractivity contribution in [2.75, 3.05) is 13.7 Å². The molecule has 2 amide bonds. The van der Waals surface area contributed by atoms with Crippen LogP contribution in [0.3, 0.4) is 0 Å². The average Bonchev–Trinajstić information content (AvgIpc) is 2.52. The Morgan fingerprint density at radius 2 is 1.76 bits per heavy atom. The van der Waals surface area contributed by atoms with Gasteiger partial charge in [0.2, 0.25) is 5.91 Å². The van der Waals surface area contributed by atoms with Gasteiger partial charge in [-0.3, -0.25) is 4.79 Å². The van der Waals surface area contributed by atoms with E-state index in [0.29, 0.717) is 0 Å². The Hall–Kier alpha value is -2.77. The number of ether oxygens (including phenoxy) is 2. The van der Waals surface area contributed by atoms with Crippen LogP contribution in [0.4, 0.5) is 4.79 Å². The Kier molecular flexibility index (Phi) is 7.22. The molecule has 0 aliphatic carbocycles. The Morgan fingerprint density at radius 3 is 2.28 bits per heavy atom. The highest BCUT2D eigenvalue weighted by atomic mass is 16.6. The van der Waals surface area contributed by atoms with Crippen LogP contribution in [0, 0.1) is 0 Å². The van der Waals surface area contributed by atoms with Gasteiger partial charge in [0.1, 0.15) is 23.9 Å². The van der Waals surface area contributed by atoms with Gasteiger partial charge in [-0.15, -0.1) is 0 Å². The van der Waals surface area contributed by atoms with Crippen molar-refractivity contribution in [3.05, 3.63) is 29.8 Å². The van der Waals surface area contributed by atoms with E-state index in [2.05, 4.69) is 15.4 Å². The van der Waals surface area contributed by atoms with Crippen molar-refractivity contribution < 1.29 is 29.0 Å². The fourth-order valence-corrected chi connectivity index (χ4v) is 1.92.